The lowest BCUT2D eigenvalue weighted by atomic mass is 9.78. The van der Waals surface area contributed by atoms with Crippen molar-refractivity contribution in [1.29, 1.82) is 0 Å². The molecule has 2 aromatic heterocycles. The van der Waals surface area contributed by atoms with Crippen molar-refractivity contribution in [3.63, 3.8) is 0 Å². The van der Waals surface area contributed by atoms with Crippen LogP contribution in [0.4, 0.5) is 4.39 Å². The smallest absolute Gasteiger partial charge is 0.314 e. The Morgan fingerprint density at radius 3 is 2.88 bits per heavy atom. The average Bonchev–Trinajstić information content (AvgIpc) is 2.79. The van der Waals surface area contributed by atoms with Gasteiger partial charge in [-0.15, -0.1) is 0 Å². The second-order valence-electron chi connectivity index (χ2n) is 7.76. The minimum atomic E-state index is -0.972. The number of aromatic hydroxyl groups is 1. The van der Waals surface area contributed by atoms with Gasteiger partial charge < -0.3 is 19.5 Å². The summed E-state index contributed by atoms with van der Waals surface area (Å²) in [6.45, 7) is 0.337. The Morgan fingerprint density at radius 1 is 1.19 bits per heavy atom. The number of benzene rings is 1. The molecule has 0 saturated carbocycles. The van der Waals surface area contributed by atoms with Gasteiger partial charge in [-0.2, -0.15) is 9.38 Å². The summed E-state index contributed by atoms with van der Waals surface area (Å²) in [7, 11) is 3.69. The van der Waals surface area contributed by atoms with E-state index >= 15 is 0 Å². The molecule has 5 rings (SSSR count). The fraction of sp³-hybridized carbons (Fsp3) is 0.217. The number of fused-ring (bicyclic) bond motifs is 4. The van der Waals surface area contributed by atoms with E-state index < -0.39 is 11.5 Å². The van der Waals surface area contributed by atoms with Crippen LogP contribution in [0.5, 0.6) is 17.4 Å². The summed E-state index contributed by atoms with van der Waals surface area (Å²) in [5.41, 5.74) is 1.33. The van der Waals surface area contributed by atoms with E-state index in [1.807, 2.05) is 20.2 Å². The van der Waals surface area contributed by atoms with Crippen molar-refractivity contribution in [2.45, 2.75) is 12.0 Å². The summed E-state index contributed by atoms with van der Waals surface area (Å²) in [5, 5.41) is 10.2. The summed E-state index contributed by atoms with van der Waals surface area (Å²) in [6.07, 6.45) is 4.79. The van der Waals surface area contributed by atoms with Crippen LogP contribution in [-0.4, -0.2) is 53.0 Å². The number of nitrogens with zero attached hydrogens (tertiary/aromatic N) is 5. The first-order valence-corrected chi connectivity index (χ1v) is 10.0. The normalized spacial score (nSPS) is 19.0. The molecule has 0 fully saturated rings. The molecule has 0 radical (unpaired) electrons. The fourth-order valence-corrected chi connectivity index (χ4v) is 3.94. The lowest BCUT2D eigenvalue weighted by Crippen LogP contribution is -2.36. The first kappa shape index (κ1) is 19.9. The van der Waals surface area contributed by atoms with Crippen LogP contribution in [-0.2, 0) is 10.3 Å². The molecule has 4 heterocycles. The monoisotopic (exact) mass is 433 g/mol. The van der Waals surface area contributed by atoms with Gasteiger partial charge in [-0.05, 0) is 35.9 Å². The van der Waals surface area contributed by atoms with E-state index in [1.54, 1.807) is 41.6 Å². The quantitative estimate of drug-likeness (QED) is 0.376. The molecule has 9 heteroatoms. The molecular formula is C23H20FN5O3. The molecular weight excluding hydrogens is 413 g/mol. The largest absolute Gasteiger partial charge is 0.506 e. The van der Waals surface area contributed by atoms with Gasteiger partial charge in [0, 0.05) is 37.8 Å². The molecule has 3 aromatic rings. The van der Waals surface area contributed by atoms with E-state index in [0.29, 0.717) is 46.9 Å². The highest BCUT2D eigenvalue weighted by Gasteiger charge is 2.46. The average molecular weight is 433 g/mol. The third-order valence-electron chi connectivity index (χ3n) is 5.36. The molecule has 1 spiro atoms. The highest BCUT2D eigenvalue weighted by Crippen LogP contribution is 2.52. The summed E-state index contributed by atoms with van der Waals surface area (Å²) in [6, 6.07) is 10.5. The van der Waals surface area contributed by atoms with Crippen molar-refractivity contribution in [1.82, 2.24) is 14.9 Å². The van der Waals surface area contributed by atoms with E-state index in [9.17, 15) is 9.50 Å². The number of hydrogen-bond acceptors (Lipinski definition) is 7. The van der Waals surface area contributed by atoms with Crippen LogP contribution in [0.3, 0.4) is 0 Å². The molecule has 0 unspecified atom stereocenters. The van der Waals surface area contributed by atoms with Crippen molar-refractivity contribution in [2.75, 3.05) is 20.7 Å². The molecule has 162 valence electrons. The van der Waals surface area contributed by atoms with Gasteiger partial charge in [0.15, 0.2) is 0 Å². The lowest BCUT2D eigenvalue weighted by molar-refractivity contribution is 0.218. The van der Waals surface area contributed by atoms with Crippen LogP contribution < -0.4 is 4.74 Å². The maximum Gasteiger partial charge on any atom is 0.314 e. The van der Waals surface area contributed by atoms with E-state index in [2.05, 4.69) is 15.0 Å². The van der Waals surface area contributed by atoms with Gasteiger partial charge in [-0.25, -0.2) is 15.0 Å². The minimum Gasteiger partial charge on any atom is -0.506 e. The van der Waals surface area contributed by atoms with Crippen molar-refractivity contribution in [2.24, 2.45) is 9.98 Å². The van der Waals surface area contributed by atoms with E-state index in [0.717, 1.165) is 0 Å². The number of pyridine rings is 2. The third kappa shape index (κ3) is 3.31. The third-order valence-corrected chi connectivity index (χ3v) is 5.36. The molecule has 1 atom stereocenters. The maximum atomic E-state index is 14.4. The molecule has 2 aliphatic heterocycles. The Kier molecular flexibility index (Phi) is 4.73. The summed E-state index contributed by atoms with van der Waals surface area (Å²) >= 11 is 0. The van der Waals surface area contributed by atoms with Gasteiger partial charge in [-0.1, -0.05) is 6.07 Å². The number of hydrogen-bond donors (Lipinski definition) is 1. The van der Waals surface area contributed by atoms with Crippen LogP contribution in [0.1, 0.15) is 17.5 Å². The van der Waals surface area contributed by atoms with E-state index in [4.69, 9.17) is 14.5 Å². The zero-order chi connectivity index (χ0) is 22.3. The van der Waals surface area contributed by atoms with Crippen molar-refractivity contribution in [3.05, 3.63) is 65.9 Å². The molecule has 0 aliphatic carbocycles. The Labute approximate surface area is 183 Å². The second-order valence-corrected chi connectivity index (χ2v) is 7.76. The Morgan fingerprint density at radius 2 is 2.06 bits per heavy atom. The molecule has 8 nitrogen and oxygen atoms in total. The predicted molar refractivity (Wildman–Crippen MR) is 117 cm³/mol. The van der Waals surface area contributed by atoms with Gasteiger partial charge in [0.1, 0.15) is 17.0 Å². The number of amidine groups is 1. The Bertz CT molecular complexity index is 1260. The second kappa shape index (κ2) is 7.60. The van der Waals surface area contributed by atoms with Crippen LogP contribution in [0.2, 0.25) is 0 Å². The van der Waals surface area contributed by atoms with Crippen LogP contribution in [0.15, 0.2) is 58.8 Å². The van der Waals surface area contributed by atoms with Crippen molar-refractivity contribution in [3.8, 4) is 28.5 Å². The highest BCUT2D eigenvalue weighted by molar-refractivity contribution is 5.84. The van der Waals surface area contributed by atoms with Gasteiger partial charge in [0.05, 0.1) is 24.7 Å². The highest BCUT2D eigenvalue weighted by atomic mass is 19.1. The number of aromatic nitrogens is 2. The van der Waals surface area contributed by atoms with E-state index in [1.165, 1.54) is 12.4 Å². The van der Waals surface area contributed by atoms with Crippen LogP contribution in [0, 0.1) is 5.95 Å². The number of halogens is 1. The maximum absolute atomic E-state index is 14.4. The molecule has 2 aliphatic rings. The van der Waals surface area contributed by atoms with Gasteiger partial charge >= 0.3 is 6.02 Å². The number of aliphatic imine (C=N–C) groups is 2. The summed E-state index contributed by atoms with van der Waals surface area (Å²) in [5.74, 6) is 0.317. The van der Waals surface area contributed by atoms with Crippen LogP contribution >= 0.6 is 0 Å². The zero-order valence-corrected chi connectivity index (χ0v) is 17.5. The summed E-state index contributed by atoms with van der Waals surface area (Å²) < 4.78 is 26.1. The first-order chi connectivity index (χ1) is 15.5. The standard InChI is InChI=1S/C23H20FN5O3/c1-29(2)13-27-22-28-23(7-9-31-22)17-10-14(16-4-3-8-25-20(16)24)5-6-19(17)32-21-18(23)11-15(30)12-26-21/h3-6,8,10-13,30H,7,9H2,1-2H3/b27-13+/t23-/m1/s1. The molecule has 1 N–H and O–H groups in total. The topological polar surface area (TPSA) is 92.4 Å². The SMILES string of the molecule is CN(C)/C=N/C1=N[C@]2(CCO1)c1cc(-c3cccnc3F)ccc1Oc1ncc(O)cc12. The minimum absolute atomic E-state index is 0.00957. The molecule has 0 bridgehead atoms. The first-order valence-electron chi connectivity index (χ1n) is 10.0. The number of rotatable bonds is 2. The Hall–Kier alpha value is -4.01. The van der Waals surface area contributed by atoms with Gasteiger partial charge in [-0.3, -0.25) is 0 Å². The molecule has 32 heavy (non-hydrogen) atoms. The fourth-order valence-electron chi connectivity index (χ4n) is 3.94. The molecule has 0 saturated heterocycles. The van der Waals surface area contributed by atoms with Gasteiger partial charge in [0.25, 0.3) is 0 Å². The Balaban J connectivity index is 1.74. The van der Waals surface area contributed by atoms with E-state index in [-0.39, 0.29) is 11.8 Å². The molecule has 0 amide bonds. The number of ether oxygens (including phenoxy) is 2. The zero-order valence-electron chi connectivity index (χ0n) is 17.5. The van der Waals surface area contributed by atoms with Gasteiger partial charge in [0.2, 0.25) is 11.8 Å². The predicted octanol–water partition coefficient (Wildman–Crippen LogP) is 3.70. The van der Waals surface area contributed by atoms with Crippen LogP contribution in [0.25, 0.3) is 11.1 Å². The lowest BCUT2D eigenvalue weighted by Gasteiger charge is -2.38. The summed E-state index contributed by atoms with van der Waals surface area (Å²) in [4.78, 5) is 19.0. The van der Waals surface area contributed by atoms with Crippen molar-refractivity contribution < 1.29 is 19.0 Å². The van der Waals surface area contributed by atoms with Crippen molar-refractivity contribution >= 4 is 12.4 Å². The molecule has 1 aromatic carbocycles.